The minimum Gasteiger partial charge on any atom is -0.453 e. The summed E-state index contributed by atoms with van der Waals surface area (Å²) in [4.78, 5) is 0. The van der Waals surface area contributed by atoms with E-state index in [1.807, 2.05) is 18.2 Å². The van der Waals surface area contributed by atoms with E-state index >= 15 is 0 Å². The molecule has 0 N–H and O–H groups in total. The van der Waals surface area contributed by atoms with Gasteiger partial charge in [-0.15, -0.1) is 0 Å². The molecule has 1 nitrogen and oxygen atoms in total. The number of alkyl halides is 3. The van der Waals surface area contributed by atoms with Crippen LogP contribution in [0.5, 0.6) is 0 Å². The van der Waals surface area contributed by atoms with Crippen molar-refractivity contribution in [2.24, 2.45) is 0 Å². The van der Waals surface area contributed by atoms with E-state index in [2.05, 4.69) is 6.26 Å². The molecular formula is C10H6Cl3O. The highest BCUT2D eigenvalue weighted by atomic mass is 35.6. The molecule has 0 amide bonds. The quantitative estimate of drug-likeness (QED) is 0.691. The third kappa shape index (κ3) is 2.35. The molecule has 0 atom stereocenters. The molecule has 0 spiro atoms. The number of rotatable bonds is 1. The second-order valence-corrected chi connectivity index (χ2v) is 5.54. The molecule has 4 heteroatoms. The van der Waals surface area contributed by atoms with Crippen molar-refractivity contribution < 1.29 is 4.42 Å². The number of hydrogen-bond acceptors (Lipinski definition) is 1. The Hall–Kier alpha value is -0.370. The lowest BCUT2D eigenvalue weighted by atomic mass is 10.1. The standard InChI is InChI=1S/C10H6Cl3O/c11-10(12,13)6-7-1-2-8-3-4-14-9(8)5-7/h1-3,5H,6H2. The first-order valence-electron chi connectivity index (χ1n) is 4.00. The molecule has 0 bridgehead atoms. The molecular weight excluding hydrogens is 242 g/mol. The minimum absolute atomic E-state index is 0.369. The highest BCUT2D eigenvalue weighted by Crippen LogP contribution is 2.31. The third-order valence-electron chi connectivity index (χ3n) is 1.87. The molecule has 1 aromatic heterocycles. The van der Waals surface area contributed by atoms with Gasteiger partial charge in [0.1, 0.15) is 5.58 Å². The molecule has 1 heterocycles. The molecule has 0 unspecified atom stereocenters. The van der Waals surface area contributed by atoms with E-state index in [4.69, 9.17) is 39.2 Å². The molecule has 0 aliphatic carbocycles. The molecule has 0 aliphatic heterocycles. The van der Waals surface area contributed by atoms with Gasteiger partial charge in [-0.2, -0.15) is 0 Å². The largest absolute Gasteiger partial charge is 0.453 e. The number of halogens is 3. The Bertz CT molecular complexity index is 442. The molecule has 73 valence electrons. The second kappa shape index (κ2) is 3.65. The number of fused-ring (bicyclic) bond motifs is 1. The fourth-order valence-corrected chi connectivity index (χ4v) is 1.75. The van der Waals surface area contributed by atoms with Crippen LogP contribution in [0.15, 0.2) is 28.7 Å². The van der Waals surface area contributed by atoms with Crippen molar-refractivity contribution in [2.45, 2.75) is 10.2 Å². The van der Waals surface area contributed by atoms with Crippen molar-refractivity contribution in [1.82, 2.24) is 0 Å². The van der Waals surface area contributed by atoms with Crippen LogP contribution in [0.1, 0.15) is 5.56 Å². The van der Waals surface area contributed by atoms with E-state index in [-0.39, 0.29) is 0 Å². The summed E-state index contributed by atoms with van der Waals surface area (Å²) in [5.41, 5.74) is 1.69. The average Bonchev–Trinajstić information content (AvgIpc) is 2.47. The Balaban J connectivity index is 2.35. The lowest BCUT2D eigenvalue weighted by Crippen LogP contribution is -2.06. The van der Waals surface area contributed by atoms with E-state index in [0.29, 0.717) is 6.42 Å². The minimum atomic E-state index is -1.26. The Morgan fingerprint density at radius 2 is 2.07 bits per heavy atom. The topological polar surface area (TPSA) is 13.1 Å². The van der Waals surface area contributed by atoms with Crippen LogP contribution in [0.4, 0.5) is 0 Å². The summed E-state index contributed by atoms with van der Waals surface area (Å²) in [7, 11) is 0. The zero-order valence-electron chi connectivity index (χ0n) is 7.06. The maximum Gasteiger partial charge on any atom is 0.194 e. The van der Waals surface area contributed by atoms with Crippen LogP contribution in [0.3, 0.4) is 0 Å². The van der Waals surface area contributed by atoms with E-state index < -0.39 is 3.79 Å². The summed E-state index contributed by atoms with van der Waals surface area (Å²) >= 11 is 17.1. The monoisotopic (exact) mass is 247 g/mol. The summed E-state index contributed by atoms with van der Waals surface area (Å²) in [6.07, 6.45) is 3.02. The Labute approximate surface area is 96.5 Å². The first kappa shape index (κ1) is 10.2. The van der Waals surface area contributed by atoms with Gasteiger partial charge in [0.2, 0.25) is 0 Å². The first-order valence-corrected chi connectivity index (χ1v) is 5.13. The summed E-state index contributed by atoms with van der Waals surface area (Å²) < 4.78 is 3.86. The Kier molecular flexibility index (Phi) is 2.65. The summed E-state index contributed by atoms with van der Waals surface area (Å²) in [6.45, 7) is 0. The van der Waals surface area contributed by atoms with Gasteiger partial charge in [0, 0.05) is 11.8 Å². The molecule has 0 fully saturated rings. The predicted octanol–water partition coefficient (Wildman–Crippen LogP) is 4.15. The SMILES string of the molecule is ClC(Cl)(Cl)Cc1ccc2c[c]oc2c1. The third-order valence-corrected chi connectivity index (χ3v) is 2.27. The van der Waals surface area contributed by atoms with Crippen LogP contribution in [0.2, 0.25) is 0 Å². The van der Waals surface area contributed by atoms with Crippen molar-refractivity contribution in [3.05, 3.63) is 36.1 Å². The van der Waals surface area contributed by atoms with Gasteiger partial charge < -0.3 is 4.42 Å². The summed E-state index contributed by atoms with van der Waals surface area (Å²) in [5, 5.41) is 0.998. The normalized spacial score (nSPS) is 12.2. The highest BCUT2D eigenvalue weighted by Gasteiger charge is 2.20. The van der Waals surface area contributed by atoms with Gasteiger partial charge in [0.25, 0.3) is 0 Å². The average molecular weight is 249 g/mol. The zero-order chi connectivity index (χ0) is 10.2. The summed E-state index contributed by atoms with van der Waals surface area (Å²) in [5.74, 6) is 0. The highest BCUT2D eigenvalue weighted by molar-refractivity contribution is 6.67. The van der Waals surface area contributed by atoms with Gasteiger partial charge in [-0.25, -0.2) is 0 Å². The molecule has 1 aromatic carbocycles. The molecule has 0 saturated heterocycles. The van der Waals surface area contributed by atoms with Gasteiger partial charge in [-0.3, -0.25) is 0 Å². The second-order valence-electron chi connectivity index (χ2n) is 3.03. The van der Waals surface area contributed by atoms with Crippen molar-refractivity contribution in [3.8, 4) is 0 Å². The molecule has 14 heavy (non-hydrogen) atoms. The lowest BCUT2D eigenvalue weighted by Gasteiger charge is -2.09. The van der Waals surface area contributed by atoms with Crippen LogP contribution in [0, 0.1) is 6.26 Å². The molecule has 0 aliphatic rings. The number of benzene rings is 1. The van der Waals surface area contributed by atoms with Crippen LogP contribution in [-0.2, 0) is 6.42 Å². The predicted molar refractivity (Wildman–Crippen MR) is 59.0 cm³/mol. The van der Waals surface area contributed by atoms with Crippen LogP contribution < -0.4 is 0 Å². The Morgan fingerprint density at radius 3 is 2.79 bits per heavy atom. The van der Waals surface area contributed by atoms with Crippen molar-refractivity contribution in [1.29, 1.82) is 0 Å². The number of hydrogen-bond donors (Lipinski definition) is 0. The maximum absolute atomic E-state index is 5.69. The van der Waals surface area contributed by atoms with E-state index in [0.717, 1.165) is 16.5 Å². The molecule has 0 saturated carbocycles. The van der Waals surface area contributed by atoms with Gasteiger partial charge >= 0.3 is 0 Å². The van der Waals surface area contributed by atoms with Crippen LogP contribution in [-0.4, -0.2) is 3.79 Å². The van der Waals surface area contributed by atoms with Crippen molar-refractivity contribution in [3.63, 3.8) is 0 Å². The van der Waals surface area contributed by atoms with E-state index in [1.165, 1.54) is 0 Å². The first-order chi connectivity index (χ1) is 6.54. The molecule has 2 aromatic rings. The summed E-state index contributed by atoms with van der Waals surface area (Å²) in [6, 6.07) is 7.46. The Morgan fingerprint density at radius 1 is 1.29 bits per heavy atom. The van der Waals surface area contributed by atoms with E-state index in [1.54, 1.807) is 6.07 Å². The lowest BCUT2D eigenvalue weighted by molar-refractivity contribution is 0.605. The molecule has 2 rings (SSSR count). The van der Waals surface area contributed by atoms with Gasteiger partial charge in [0.15, 0.2) is 10.1 Å². The number of furan rings is 1. The van der Waals surface area contributed by atoms with Crippen LogP contribution in [0.25, 0.3) is 11.0 Å². The van der Waals surface area contributed by atoms with E-state index in [9.17, 15) is 0 Å². The van der Waals surface area contributed by atoms with Gasteiger partial charge in [0.05, 0.1) is 0 Å². The van der Waals surface area contributed by atoms with Gasteiger partial charge in [-0.1, -0.05) is 46.9 Å². The fourth-order valence-electron chi connectivity index (χ4n) is 1.28. The maximum atomic E-state index is 5.69. The fraction of sp³-hybridized carbons (Fsp3) is 0.200. The van der Waals surface area contributed by atoms with Crippen LogP contribution >= 0.6 is 34.8 Å². The van der Waals surface area contributed by atoms with Crippen molar-refractivity contribution in [2.75, 3.05) is 0 Å². The smallest absolute Gasteiger partial charge is 0.194 e. The van der Waals surface area contributed by atoms with Gasteiger partial charge in [-0.05, 0) is 17.7 Å². The van der Waals surface area contributed by atoms with Crippen molar-refractivity contribution >= 4 is 45.8 Å². The zero-order valence-corrected chi connectivity index (χ0v) is 9.33. The molecule has 1 radical (unpaired) electrons.